The molecule has 0 bridgehead atoms. The highest BCUT2D eigenvalue weighted by molar-refractivity contribution is 5.82. The molecule has 0 saturated carbocycles. The zero-order valence-electron chi connectivity index (χ0n) is 4.95. The summed E-state index contributed by atoms with van der Waals surface area (Å²) < 4.78 is 0. The fraction of sp³-hybridized carbons (Fsp3) is 0.333. The number of carbonyl (C=O) groups is 1. The molecule has 3 nitrogen and oxygen atoms in total. The van der Waals surface area contributed by atoms with Gasteiger partial charge in [-0.3, -0.25) is 9.79 Å². The lowest BCUT2D eigenvalue weighted by atomic mass is 10.1. The van der Waals surface area contributed by atoms with Gasteiger partial charge in [-0.25, -0.2) is 0 Å². The quantitative estimate of drug-likeness (QED) is 0.528. The highest BCUT2D eigenvalue weighted by Crippen LogP contribution is 2.05. The first-order valence-corrected chi connectivity index (χ1v) is 2.78. The Morgan fingerprint density at radius 3 is 2.89 bits per heavy atom. The summed E-state index contributed by atoms with van der Waals surface area (Å²) in [5.74, 6) is -0.417. The van der Waals surface area contributed by atoms with Gasteiger partial charge in [-0.15, -0.1) is 0 Å². The van der Waals surface area contributed by atoms with E-state index in [1.165, 1.54) is 0 Å². The summed E-state index contributed by atoms with van der Waals surface area (Å²) in [6.07, 6.45) is 5.64. The number of rotatable bonds is 1. The second-order valence-electron chi connectivity index (χ2n) is 1.92. The Hall–Kier alpha value is -1.12. The molecule has 1 heterocycles. The first-order chi connectivity index (χ1) is 4.30. The number of nitrogens with zero attached hydrogens (tertiary/aromatic N) is 1. The standard InChI is InChI=1S/C6H8N2O/c7-6(9)5-1-3-8-4-2-5/h1,3-5H,2H2,(H2,7,9). The van der Waals surface area contributed by atoms with E-state index in [-0.39, 0.29) is 11.8 Å². The van der Waals surface area contributed by atoms with Crippen molar-refractivity contribution in [2.75, 3.05) is 0 Å². The third-order valence-corrected chi connectivity index (χ3v) is 1.23. The lowest BCUT2D eigenvalue weighted by Crippen LogP contribution is -2.22. The number of hydrogen-bond acceptors (Lipinski definition) is 2. The molecule has 0 aromatic carbocycles. The van der Waals surface area contributed by atoms with Crippen molar-refractivity contribution in [3.05, 3.63) is 12.3 Å². The smallest absolute Gasteiger partial charge is 0.224 e. The van der Waals surface area contributed by atoms with E-state index >= 15 is 0 Å². The van der Waals surface area contributed by atoms with E-state index in [4.69, 9.17) is 5.73 Å². The van der Waals surface area contributed by atoms with Crippen LogP contribution >= 0.6 is 0 Å². The van der Waals surface area contributed by atoms with E-state index < -0.39 is 0 Å². The third-order valence-electron chi connectivity index (χ3n) is 1.23. The molecule has 0 aromatic heterocycles. The molecular formula is C6H8N2O. The first kappa shape index (κ1) is 6.01. The minimum absolute atomic E-state index is 0.137. The average molecular weight is 124 g/mol. The summed E-state index contributed by atoms with van der Waals surface area (Å²) >= 11 is 0. The summed E-state index contributed by atoms with van der Waals surface area (Å²) in [6, 6.07) is 0. The Labute approximate surface area is 53.3 Å². The molecule has 0 aliphatic carbocycles. The number of carbonyl (C=O) groups excluding carboxylic acids is 1. The van der Waals surface area contributed by atoms with Gasteiger partial charge in [-0.1, -0.05) is 6.08 Å². The van der Waals surface area contributed by atoms with Crippen LogP contribution in [0.1, 0.15) is 6.42 Å². The topological polar surface area (TPSA) is 55.5 Å². The van der Waals surface area contributed by atoms with Gasteiger partial charge in [-0.05, 0) is 6.42 Å². The second-order valence-corrected chi connectivity index (χ2v) is 1.92. The van der Waals surface area contributed by atoms with E-state index in [9.17, 15) is 4.79 Å². The molecule has 1 atom stereocenters. The molecule has 3 heteroatoms. The van der Waals surface area contributed by atoms with Crippen molar-refractivity contribution in [2.45, 2.75) is 6.42 Å². The van der Waals surface area contributed by atoms with E-state index in [1.807, 2.05) is 0 Å². The van der Waals surface area contributed by atoms with Crippen molar-refractivity contribution in [3.63, 3.8) is 0 Å². The SMILES string of the molecule is NC(=O)C1C=CN=CC1. The van der Waals surface area contributed by atoms with Gasteiger partial charge < -0.3 is 5.73 Å². The van der Waals surface area contributed by atoms with Gasteiger partial charge in [0.2, 0.25) is 5.91 Å². The van der Waals surface area contributed by atoms with Crippen molar-refractivity contribution in [3.8, 4) is 0 Å². The Balaban J connectivity index is 2.56. The van der Waals surface area contributed by atoms with Gasteiger partial charge in [0.05, 0.1) is 5.92 Å². The zero-order valence-corrected chi connectivity index (χ0v) is 4.95. The monoisotopic (exact) mass is 124 g/mol. The fourth-order valence-electron chi connectivity index (χ4n) is 0.678. The molecule has 48 valence electrons. The Morgan fingerprint density at radius 1 is 1.78 bits per heavy atom. The Kier molecular flexibility index (Phi) is 1.63. The predicted molar refractivity (Wildman–Crippen MR) is 34.9 cm³/mol. The average Bonchev–Trinajstić information content (AvgIpc) is 1.90. The highest BCUT2D eigenvalue weighted by atomic mass is 16.1. The maximum atomic E-state index is 10.5. The van der Waals surface area contributed by atoms with Crippen LogP contribution in [0.4, 0.5) is 0 Å². The van der Waals surface area contributed by atoms with Crippen LogP contribution in [-0.4, -0.2) is 12.1 Å². The van der Waals surface area contributed by atoms with Gasteiger partial charge in [0.1, 0.15) is 0 Å². The van der Waals surface area contributed by atoms with Crippen molar-refractivity contribution in [1.82, 2.24) is 0 Å². The Morgan fingerprint density at radius 2 is 2.56 bits per heavy atom. The van der Waals surface area contributed by atoms with Crippen LogP contribution in [0.3, 0.4) is 0 Å². The maximum absolute atomic E-state index is 10.5. The van der Waals surface area contributed by atoms with Crippen LogP contribution in [0, 0.1) is 5.92 Å². The van der Waals surface area contributed by atoms with Gasteiger partial charge in [0.25, 0.3) is 0 Å². The molecule has 0 saturated heterocycles. The molecule has 1 unspecified atom stereocenters. The number of aliphatic imine (C=N–C) groups is 1. The summed E-state index contributed by atoms with van der Waals surface area (Å²) in [6.45, 7) is 0. The largest absolute Gasteiger partial charge is 0.369 e. The number of nitrogens with two attached hydrogens (primary N) is 1. The number of amides is 1. The molecule has 0 radical (unpaired) electrons. The minimum atomic E-state index is -0.280. The van der Waals surface area contributed by atoms with Crippen molar-refractivity contribution >= 4 is 12.1 Å². The number of primary amides is 1. The van der Waals surface area contributed by atoms with Gasteiger partial charge in [0, 0.05) is 12.4 Å². The van der Waals surface area contributed by atoms with Crippen molar-refractivity contribution in [1.29, 1.82) is 0 Å². The third kappa shape index (κ3) is 1.38. The summed E-state index contributed by atoms with van der Waals surface area (Å²) in [5.41, 5.74) is 5.02. The molecule has 0 aromatic rings. The van der Waals surface area contributed by atoms with Crippen LogP contribution in [0.2, 0.25) is 0 Å². The zero-order chi connectivity index (χ0) is 6.69. The first-order valence-electron chi connectivity index (χ1n) is 2.78. The summed E-state index contributed by atoms with van der Waals surface area (Å²) in [7, 11) is 0. The molecule has 0 spiro atoms. The van der Waals surface area contributed by atoms with Crippen LogP contribution in [0.5, 0.6) is 0 Å². The molecule has 2 N–H and O–H groups in total. The maximum Gasteiger partial charge on any atom is 0.224 e. The number of hydrogen-bond donors (Lipinski definition) is 1. The molecular weight excluding hydrogens is 116 g/mol. The van der Waals surface area contributed by atoms with E-state index in [1.54, 1.807) is 18.5 Å². The fourth-order valence-corrected chi connectivity index (χ4v) is 0.678. The minimum Gasteiger partial charge on any atom is -0.369 e. The molecule has 9 heavy (non-hydrogen) atoms. The van der Waals surface area contributed by atoms with E-state index in [0.29, 0.717) is 6.42 Å². The van der Waals surface area contributed by atoms with Crippen LogP contribution in [0.15, 0.2) is 17.3 Å². The summed E-state index contributed by atoms with van der Waals surface area (Å²) in [5, 5.41) is 0. The van der Waals surface area contributed by atoms with Crippen LogP contribution in [-0.2, 0) is 4.79 Å². The molecule has 1 aliphatic rings. The molecule has 1 rings (SSSR count). The van der Waals surface area contributed by atoms with Gasteiger partial charge in [0.15, 0.2) is 0 Å². The van der Waals surface area contributed by atoms with E-state index in [0.717, 1.165) is 0 Å². The van der Waals surface area contributed by atoms with Gasteiger partial charge in [-0.2, -0.15) is 0 Å². The molecule has 0 fully saturated rings. The second kappa shape index (κ2) is 2.44. The lowest BCUT2D eigenvalue weighted by Gasteiger charge is -2.05. The normalized spacial score (nSPS) is 24.2. The van der Waals surface area contributed by atoms with Crippen molar-refractivity contribution in [2.24, 2.45) is 16.6 Å². The van der Waals surface area contributed by atoms with Gasteiger partial charge >= 0.3 is 0 Å². The van der Waals surface area contributed by atoms with Crippen LogP contribution in [0.25, 0.3) is 0 Å². The van der Waals surface area contributed by atoms with Crippen molar-refractivity contribution < 1.29 is 4.79 Å². The van der Waals surface area contributed by atoms with E-state index in [2.05, 4.69) is 4.99 Å². The lowest BCUT2D eigenvalue weighted by molar-refractivity contribution is -0.120. The highest BCUT2D eigenvalue weighted by Gasteiger charge is 2.10. The molecule has 1 amide bonds. The molecule has 1 aliphatic heterocycles. The predicted octanol–water partition coefficient (Wildman–Crippen LogP) is 0.0761. The Bertz CT molecular complexity index is 172. The van der Waals surface area contributed by atoms with Crippen LogP contribution < -0.4 is 5.73 Å². The summed E-state index contributed by atoms with van der Waals surface area (Å²) in [4.78, 5) is 14.3.